The van der Waals surface area contributed by atoms with Gasteiger partial charge in [0, 0.05) is 23.4 Å². The van der Waals surface area contributed by atoms with Gasteiger partial charge < -0.3 is 5.32 Å². The lowest BCUT2D eigenvalue weighted by Crippen LogP contribution is -2.15. The van der Waals surface area contributed by atoms with Gasteiger partial charge in [0.1, 0.15) is 5.82 Å². The van der Waals surface area contributed by atoms with E-state index in [-0.39, 0.29) is 0 Å². The average molecular weight is 253 g/mol. The summed E-state index contributed by atoms with van der Waals surface area (Å²) < 4.78 is 0. The van der Waals surface area contributed by atoms with Gasteiger partial charge in [-0.25, -0.2) is 4.98 Å². The quantitative estimate of drug-likeness (QED) is 0.817. The second kappa shape index (κ2) is 5.65. The number of hydrogen-bond donors (Lipinski definition) is 2. The van der Waals surface area contributed by atoms with E-state index in [1.807, 2.05) is 43.3 Å². The average Bonchev–Trinajstić information content (AvgIpc) is 2.39. The number of aromatic nitrogens is 1. The summed E-state index contributed by atoms with van der Waals surface area (Å²) in [5, 5.41) is 11.6. The normalized spacial score (nSPS) is 10.5. The van der Waals surface area contributed by atoms with Crippen LogP contribution in [0.1, 0.15) is 30.5 Å². The van der Waals surface area contributed by atoms with Crippen LogP contribution in [-0.2, 0) is 0 Å². The van der Waals surface area contributed by atoms with Crippen LogP contribution in [0.25, 0.3) is 0 Å². The summed E-state index contributed by atoms with van der Waals surface area (Å²) in [5.74, 6) is 0.767. The lowest BCUT2D eigenvalue weighted by Gasteiger charge is -2.14. The van der Waals surface area contributed by atoms with Crippen LogP contribution in [-0.4, -0.2) is 16.7 Å². The molecule has 0 atom stereocenters. The number of anilines is 1. The summed E-state index contributed by atoms with van der Waals surface area (Å²) in [6, 6.07) is 12.1. The highest BCUT2D eigenvalue weighted by Gasteiger charge is 2.11. The van der Waals surface area contributed by atoms with Crippen LogP contribution in [0.3, 0.4) is 0 Å². The minimum Gasteiger partial charge on any atom is -0.367 e. The fourth-order valence-corrected chi connectivity index (χ4v) is 1.87. The minimum absolute atomic E-state index is 0.291. The first kappa shape index (κ1) is 13.3. The Morgan fingerprint density at radius 3 is 2.47 bits per heavy atom. The number of benzene rings is 1. The molecular formula is C16H19N3. The van der Waals surface area contributed by atoms with Crippen molar-refractivity contribution >= 4 is 11.5 Å². The summed E-state index contributed by atoms with van der Waals surface area (Å²) in [7, 11) is 0. The molecule has 0 saturated heterocycles. The van der Waals surface area contributed by atoms with E-state index in [0.717, 1.165) is 16.9 Å². The molecule has 1 aromatic heterocycles. The Bertz CT molecular complexity index is 571. The largest absolute Gasteiger partial charge is 0.367 e. The molecule has 2 N–H and O–H groups in total. The lowest BCUT2D eigenvalue weighted by molar-refractivity contribution is 0.888. The van der Waals surface area contributed by atoms with E-state index in [0.29, 0.717) is 11.8 Å². The van der Waals surface area contributed by atoms with Crippen molar-refractivity contribution in [1.29, 1.82) is 5.41 Å². The summed E-state index contributed by atoms with van der Waals surface area (Å²) in [6.07, 6.45) is 1.75. The van der Waals surface area contributed by atoms with Crippen molar-refractivity contribution < 1.29 is 0 Å². The molecule has 2 rings (SSSR count). The Hall–Kier alpha value is -2.16. The fraction of sp³-hybridized carbons (Fsp3) is 0.250. The number of hydrogen-bond acceptors (Lipinski definition) is 3. The van der Waals surface area contributed by atoms with Crippen LogP contribution >= 0.6 is 0 Å². The molecule has 3 nitrogen and oxygen atoms in total. The molecule has 98 valence electrons. The van der Waals surface area contributed by atoms with Gasteiger partial charge in [0.2, 0.25) is 0 Å². The Labute approximate surface area is 114 Å². The van der Waals surface area contributed by atoms with Crippen molar-refractivity contribution in [3.63, 3.8) is 0 Å². The summed E-state index contributed by atoms with van der Waals surface area (Å²) in [6.45, 7) is 6.17. The van der Waals surface area contributed by atoms with Crippen LogP contribution < -0.4 is 5.32 Å². The van der Waals surface area contributed by atoms with Crippen molar-refractivity contribution in [2.24, 2.45) is 0 Å². The highest BCUT2D eigenvalue weighted by Crippen LogP contribution is 2.17. The van der Waals surface area contributed by atoms with E-state index >= 15 is 0 Å². The van der Waals surface area contributed by atoms with Crippen molar-refractivity contribution in [3.05, 3.63) is 59.3 Å². The van der Waals surface area contributed by atoms with Crippen molar-refractivity contribution in [3.8, 4) is 0 Å². The van der Waals surface area contributed by atoms with Gasteiger partial charge in [-0.3, -0.25) is 5.41 Å². The number of aryl methyl sites for hydroxylation is 1. The van der Waals surface area contributed by atoms with Crippen molar-refractivity contribution in [2.45, 2.75) is 26.8 Å². The fourth-order valence-electron chi connectivity index (χ4n) is 1.87. The molecule has 0 spiro atoms. The zero-order valence-electron chi connectivity index (χ0n) is 11.6. The first-order chi connectivity index (χ1) is 9.08. The maximum absolute atomic E-state index is 8.35. The van der Waals surface area contributed by atoms with Gasteiger partial charge in [-0.05, 0) is 32.9 Å². The molecule has 0 fully saturated rings. The van der Waals surface area contributed by atoms with E-state index in [4.69, 9.17) is 5.41 Å². The molecule has 0 aliphatic heterocycles. The van der Waals surface area contributed by atoms with Crippen LogP contribution in [0.4, 0.5) is 5.82 Å². The van der Waals surface area contributed by atoms with E-state index in [2.05, 4.69) is 24.1 Å². The van der Waals surface area contributed by atoms with Gasteiger partial charge in [-0.1, -0.05) is 29.8 Å². The highest BCUT2D eigenvalue weighted by atomic mass is 15.0. The van der Waals surface area contributed by atoms with Gasteiger partial charge in [-0.2, -0.15) is 0 Å². The van der Waals surface area contributed by atoms with Crippen LogP contribution in [0.5, 0.6) is 0 Å². The zero-order valence-corrected chi connectivity index (χ0v) is 11.6. The molecule has 19 heavy (non-hydrogen) atoms. The number of nitrogens with one attached hydrogen (secondary N) is 2. The second-order valence-corrected chi connectivity index (χ2v) is 4.94. The predicted octanol–water partition coefficient (Wildman–Crippen LogP) is 3.63. The minimum atomic E-state index is 0.291. The molecule has 1 aromatic carbocycles. The number of nitrogens with zero attached hydrogens (tertiary/aromatic N) is 1. The monoisotopic (exact) mass is 253 g/mol. The third-order valence-corrected chi connectivity index (χ3v) is 2.84. The van der Waals surface area contributed by atoms with E-state index in [1.165, 1.54) is 5.56 Å². The summed E-state index contributed by atoms with van der Waals surface area (Å²) in [4.78, 5) is 4.33. The van der Waals surface area contributed by atoms with Crippen molar-refractivity contribution in [2.75, 3.05) is 5.32 Å². The Kier molecular flexibility index (Phi) is 3.95. The van der Waals surface area contributed by atoms with Crippen molar-refractivity contribution in [1.82, 2.24) is 4.98 Å². The predicted molar refractivity (Wildman–Crippen MR) is 80.1 cm³/mol. The topological polar surface area (TPSA) is 48.8 Å². The highest BCUT2D eigenvalue weighted by molar-refractivity contribution is 6.13. The third-order valence-electron chi connectivity index (χ3n) is 2.84. The molecular weight excluding hydrogens is 234 g/mol. The summed E-state index contributed by atoms with van der Waals surface area (Å²) >= 11 is 0. The van der Waals surface area contributed by atoms with Gasteiger partial charge in [-0.15, -0.1) is 0 Å². The van der Waals surface area contributed by atoms with E-state index in [9.17, 15) is 0 Å². The Morgan fingerprint density at radius 2 is 1.84 bits per heavy atom. The van der Waals surface area contributed by atoms with Gasteiger partial charge >= 0.3 is 0 Å². The number of rotatable bonds is 4. The molecule has 0 aliphatic rings. The maximum Gasteiger partial charge on any atom is 0.135 e. The van der Waals surface area contributed by atoms with Gasteiger partial charge in [0.25, 0.3) is 0 Å². The van der Waals surface area contributed by atoms with E-state index < -0.39 is 0 Å². The molecule has 0 unspecified atom stereocenters. The standard InChI is InChI=1S/C16H19N3/c1-11(2)19-16-14(5-4-10-18-16)15(17)13-8-6-12(3)7-9-13/h4-11,17H,1-3H3,(H,18,19). The van der Waals surface area contributed by atoms with Crippen LogP contribution in [0.15, 0.2) is 42.6 Å². The van der Waals surface area contributed by atoms with Gasteiger partial charge in [0.05, 0.1) is 5.71 Å². The molecule has 2 aromatic rings. The molecule has 1 heterocycles. The molecule has 0 bridgehead atoms. The molecule has 0 aliphatic carbocycles. The Morgan fingerprint density at radius 1 is 1.16 bits per heavy atom. The third kappa shape index (κ3) is 3.19. The summed E-state index contributed by atoms with van der Waals surface area (Å²) in [5.41, 5.74) is 3.44. The SMILES string of the molecule is Cc1ccc(C(=N)c2cccnc2NC(C)C)cc1. The maximum atomic E-state index is 8.35. The van der Waals surface area contributed by atoms with Gasteiger partial charge in [0.15, 0.2) is 0 Å². The number of pyridine rings is 1. The van der Waals surface area contributed by atoms with Crippen LogP contribution in [0.2, 0.25) is 0 Å². The first-order valence-electron chi connectivity index (χ1n) is 6.45. The molecule has 0 amide bonds. The molecule has 0 radical (unpaired) electrons. The Balaban J connectivity index is 2.35. The lowest BCUT2D eigenvalue weighted by atomic mass is 10.0. The second-order valence-electron chi connectivity index (χ2n) is 4.94. The molecule has 3 heteroatoms. The molecule has 0 saturated carbocycles. The smallest absolute Gasteiger partial charge is 0.135 e. The van der Waals surface area contributed by atoms with Crippen LogP contribution in [0, 0.1) is 12.3 Å². The first-order valence-corrected chi connectivity index (χ1v) is 6.45. The van der Waals surface area contributed by atoms with E-state index in [1.54, 1.807) is 6.20 Å². The zero-order chi connectivity index (χ0) is 13.8.